The maximum absolute atomic E-state index is 12.7. The smallest absolute Gasteiger partial charge is 0.372 e. The molecule has 0 fully saturated rings. The highest BCUT2D eigenvalue weighted by Crippen LogP contribution is 2.29. The summed E-state index contributed by atoms with van der Waals surface area (Å²) in [5, 5.41) is 9.58. The number of nitrogens with one attached hydrogen (secondary N) is 1. The van der Waals surface area contributed by atoms with Gasteiger partial charge in [-0.1, -0.05) is 12.1 Å². The van der Waals surface area contributed by atoms with Gasteiger partial charge in [-0.2, -0.15) is 0 Å². The molecule has 25 heavy (non-hydrogen) atoms. The number of carbonyl (C=O) groups is 1. The van der Waals surface area contributed by atoms with Crippen molar-refractivity contribution < 1.29 is 22.7 Å². The summed E-state index contributed by atoms with van der Waals surface area (Å²) in [6.45, 7) is 5.33. The minimum Gasteiger partial charge on any atom is -0.475 e. The summed E-state index contributed by atoms with van der Waals surface area (Å²) in [5.41, 5.74) is 3.06. The molecule has 0 aliphatic heterocycles. The Hall–Kier alpha value is -2.80. The zero-order valence-electron chi connectivity index (χ0n) is 14.0. The summed E-state index contributed by atoms with van der Waals surface area (Å²) in [6.07, 6.45) is 0. The fourth-order valence-electron chi connectivity index (χ4n) is 2.64. The van der Waals surface area contributed by atoms with E-state index in [1.165, 1.54) is 18.2 Å². The average Bonchev–Trinajstić information content (AvgIpc) is 2.88. The Kier molecular flexibility index (Phi) is 4.04. The van der Waals surface area contributed by atoms with Gasteiger partial charge < -0.3 is 9.52 Å². The van der Waals surface area contributed by atoms with Crippen LogP contribution >= 0.6 is 0 Å². The number of rotatable bonds is 4. The van der Waals surface area contributed by atoms with E-state index >= 15 is 0 Å². The minimum absolute atomic E-state index is 0.0433. The number of hydrogen-bond acceptors (Lipinski definition) is 4. The molecule has 0 saturated heterocycles. The van der Waals surface area contributed by atoms with Crippen LogP contribution in [0.1, 0.15) is 27.2 Å². The lowest BCUT2D eigenvalue weighted by atomic mass is 10.1. The molecule has 0 bridgehead atoms. The molecule has 3 aromatic rings. The standard InChI is InChI=1S/C18H17NO5S/c1-10-5-4-6-15(11(10)2)19-25(22,23)13-7-8-16-14(9-13)12(3)17(24-16)18(20)21/h4-9,19H,1-3H3,(H,20,21). The average molecular weight is 359 g/mol. The molecule has 0 amide bonds. The second kappa shape index (κ2) is 5.93. The quantitative estimate of drug-likeness (QED) is 0.737. The number of hydrogen-bond donors (Lipinski definition) is 2. The van der Waals surface area contributed by atoms with Crippen molar-refractivity contribution in [2.24, 2.45) is 0 Å². The van der Waals surface area contributed by atoms with E-state index in [1.54, 1.807) is 19.1 Å². The van der Waals surface area contributed by atoms with Crippen molar-refractivity contribution in [1.82, 2.24) is 0 Å². The Balaban J connectivity index is 2.07. The highest BCUT2D eigenvalue weighted by molar-refractivity contribution is 7.92. The van der Waals surface area contributed by atoms with Crippen LogP contribution in [0.15, 0.2) is 45.7 Å². The third kappa shape index (κ3) is 2.98. The molecule has 2 aromatic carbocycles. The molecule has 0 aliphatic carbocycles. The number of furan rings is 1. The maximum atomic E-state index is 12.7. The van der Waals surface area contributed by atoms with Gasteiger partial charge in [-0.05, 0) is 56.2 Å². The van der Waals surface area contributed by atoms with Crippen LogP contribution in [0.2, 0.25) is 0 Å². The summed E-state index contributed by atoms with van der Waals surface area (Å²) in [7, 11) is -3.81. The lowest BCUT2D eigenvalue weighted by Crippen LogP contribution is -2.14. The summed E-state index contributed by atoms with van der Waals surface area (Å²) < 4.78 is 33.3. The van der Waals surface area contributed by atoms with Gasteiger partial charge in [0.15, 0.2) is 0 Å². The van der Waals surface area contributed by atoms with Gasteiger partial charge in [-0.15, -0.1) is 0 Å². The fraction of sp³-hybridized carbons (Fsp3) is 0.167. The summed E-state index contributed by atoms with van der Waals surface area (Å²) in [5.74, 6) is -1.38. The number of fused-ring (bicyclic) bond motifs is 1. The van der Waals surface area contributed by atoms with Gasteiger partial charge in [-0.3, -0.25) is 4.72 Å². The predicted molar refractivity (Wildman–Crippen MR) is 94.6 cm³/mol. The highest BCUT2D eigenvalue weighted by Gasteiger charge is 2.21. The van der Waals surface area contributed by atoms with Gasteiger partial charge in [0, 0.05) is 10.9 Å². The van der Waals surface area contributed by atoms with Crippen LogP contribution in [0, 0.1) is 20.8 Å². The van der Waals surface area contributed by atoms with Gasteiger partial charge in [0.1, 0.15) is 5.58 Å². The second-order valence-corrected chi connectivity index (χ2v) is 7.55. The Morgan fingerprint density at radius 2 is 1.80 bits per heavy atom. The van der Waals surface area contributed by atoms with Crippen molar-refractivity contribution in [3.63, 3.8) is 0 Å². The van der Waals surface area contributed by atoms with E-state index in [9.17, 15) is 13.2 Å². The van der Waals surface area contributed by atoms with E-state index in [-0.39, 0.29) is 10.7 Å². The molecule has 7 heteroatoms. The highest BCUT2D eigenvalue weighted by atomic mass is 32.2. The van der Waals surface area contributed by atoms with Gasteiger partial charge in [0.2, 0.25) is 5.76 Å². The molecule has 1 aromatic heterocycles. The molecule has 0 aliphatic rings. The first-order chi connectivity index (χ1) is 11.7. The third-order valence-electron chi connectivity index (χ3n) is 4.26. The molecule has 1 heterocycles. The molecule has 2 N–H and O–H groups in total. The largest absolute Gasteiger partial charge is 0.475 e. The van der Waals surface area contributed by atoms with Crippen LogP contribution in [-0.4, -0.2) is 19.5 Å². The molecule has 0 saturated carbocycles. The summed E-state index contributed by atoms with van der Waals surface area (Å²) >= 11 is 0. The van der Waals surface area contributed by atoms with E-state index in [4.69, 9.17) is 9.52 Å². The Morgan fingerprint density at radius 3 is 2.48 bits per heavy atom. The molecular weight excluding hydrogens is 342 g/mol. The van der Waals surface area contributed by atoms with Crippen LogP contribution in [0.3, 0.4) is 0 Å². The second-order valence-electron chi connectivity index (χ2n) is 5.87. The first-order valence-electron chi connectivity index (χ1n) is 7.56. The van der Waals surface area contributed by atoms with Crippen molar-refractivity contribution in [2.45, 2.75) is 25.7 Å². The van der Waals surface area contributed by atoms with E-state index < -0.39 is 16.0 Å². The number of carboxylic acid groups (broad SMARTS) is 1. The zero-order valence-corrected chi connectivity index (χ0v) is 14.8. The van der Waals surface area contributed by atoms with Gasteiger partial charge >= 0.3 is 5.97 Å². The van der Waals surface area contributed by atoms with Gasteiger partial charge in [-0.25, -0.2) is 13.2 Å². The van der Waals surface area contributed by atoms with Crippen molar-refractivity contribution >= 4 is 32.6 Å². The summed E-state index contributed by atoms with van der Waals surface area (Å²) in [6, 6.07) is 9.67. The molecule has 0 spiro atoms. The van der Waals surface area contributed by atoms with Crippen LogP contribution in [0.25, 0.3) is 11.0 Å². The molecule has 0 unspecified atom stereocenters. The Bertz CT molecular complexity index is 1100. The van der Waals surface area contributed by atoms with Crippen molar-refractivity contribution in [3.05, 3.63) is 58.8 Å². The van der Waals surface area contributed by atoms with E-state index in [2.05, 4.69) is 4.72 Å². The number of benzene rings is 2. The van der Waals surface area contributed by atoms with Gasteiger partial charge in [0.05, 0.1) is 10.6 Å². The summed E-state index contributed by atoms with van der Waals surface area (Å²) in [4.78, 5) is 11.2. The van der Waals surface area contributed by atoms with Crippen LogP contribution in [0.5, 0.6) is 0 Å². The monoisotopic (exact) mass is 359 g/mol. The van der Waals surface area contributed by atoms with E-state index in [0.717, 1.165) is 11.1 Å². The molecule has 130 valence electrons. The maximum Gasteiger partial charge on any atom is 0.372 e. The molecule has 3 rings (SSSR count). The minimum atomic E-state index is -3.81. The number of aromatic carboxylic acids is 1. The number of carboxylic acids is 1. The Labute approximate surface area is 145 Å². The third-order valence-corrected chi connectivity index (χ3v) is 5.62. The topological polar surface area (TPSA) is 96.6 Å². The molecule has 0 atom stereocenters. The number of anilines is 1. The van der Waals surface area contributed by atoms with Gasteiger partial charge in [0.25, 0.3) is 10.0 Å². The molecule has 6 nitrogen and oxygen atoms in total. The Morgan fingerprint density at radius 1 is 1.08 bits per heavy atom. The number of aryl methyl sites for hydroxylation is 2. The normalized spacial score (nSPS) is 11.6. The lowest BCUT2D eigenvalue weighted by molar-refractivity contribution is 0.0664. The SMILES string of the molecule is Cc1cccc(NS(=O)(=O)c2ccc3oc(C(=O)O)c(C)c3c2)c1C. The first kappa shape index (κ1) is 17.0. The fourth-order valence-corrected chi connectivity index (χ4v) is 3.79. The first-order valence-corrected chi connectivity index (χ1v) is 9.04. The van der Waals surface area contributed by atoms with E-state index in [0.29, 0.717) is 22.2 Å². The van der Waals surface area contributed by atoms with Crippen LogP contribution in [0.4, 0.5) is 5.69 Å². The van der Waals surface area contributed by atoms with Crippen molar-refractivity contribution in [3.8, 4) is 0 Å². The van der Waals surface area contributed by atoms with E-state index in [1.807, 2.05) is 19.9 Å². The number of sulfonamides is 1. The predicted octanol–water partition coefficient (Wildman–Crippen LogP) is 3.86. The zero-order chi connectivity index (χ0) is 18.4. The van der Waals surface area contributed by atoms with Crippen LogP contribution < -0.4 is 4.72 Å². The molecule has 0 radical (unpaired) electrons. The lowest BCUT2D eigenvalue weighted by Gasteiger charge is -2.12. The van der Waals surface area contributed by atoms with Crippen molar-refractivity contribution in [2.75, 3.05) is 4.72 Å². The van der Waals surface area contributed by atoms with Crippen molar-refractivity contribution in [1.29, 1.82) is 0 Å². The molecular formula is C18H17NO5S. The van der Waals surface area contributed by atoms with Crippen LogP contribution in [-0.2, 0) is 10.0 Å².